The Morgan fingerprint density at radius 3 is 2.59 bits per heavy atom. The molecule has 1 heterocycles. The van der Waals surface area contributed by atoms with Crippen molar-refractivity contribution in [2.75, 3.05) is 20.6 Å². The zero-order chi connectivity index (χ0) is 13.0. The molecule has 0 fully saturated rings. The average Bonchev–Trinajstić information content (AvgIpc) is 2.77. The van der Waals surface area contributed by atoms with Gasteiger partial charge in [0.1, 0.15) is 6.26 Å². The normalized spacial score (nSPS) is 9.76. The molecule has 0 saturated heterocycles. The molecule has 1 aromatic heterocycles. The maximum atomic E-state index is 11.7. The second-order valence-corrected chi connectivity index (χ2v) is 3.34. The SMILES string of the molecule is CNC(=O)CN(C)C(=O)c1cc(C(=O)O)co1. The Kier molecular flexibility index (Phi) is 3.86. The van der Waals surface area contributed by atoms with Gasteiger partial charge in [-0.3, -0.25) is 9.59 Å². The van der Waals surface area contributed by atoms with E-state index in [1.165, 1.54) is 14.1 Å². The molecule has 2 amide bonds. The minimum Gasteiger partial charge on any atom is -0.478 e. The van der Waals surface area contributed by atoms with Crippen LogP contribution in [0.5, 0.6) is 0 Å². The summed E-state index contributed by atoms with van der Waals surface area (Å²) in [5.74, 6) is -2.18. The van der Waals surface area contributed by atoms with E-state index < -0.39 is 11.9 Å². The van der Waals surface area contributed by atoms with Crippen LogP contribution in [-0.4, -0.2) is 48.4 Å². The van der Waals surface area contributed by atoms with Crippen molar-refractivity contribution in [3.8, 4) is 0 Å². The molecule has 1 rings (SSSR count). The molecular formula is C10H12N2O5. The highest BCUT2D eigenvalue weighted by molar-refractivity contribution is 5.96. The van der Waals surface area contributed by atoms with Crippen molar-refractivity contribution in [3.63, 3.8) is 0 Å². The molecule has 0 radical (unpaired) electrons. The number of amides is 2. The number of nitrogens with one attached hydrogen (secondary N) is 1. The fraction of sp³-hybridized carbons (Fsp3) is 0.300. The highest BCUT2D eigenvalue weighted by Gasteiger charge is 2.19. The van der Waals surface area contributed by atoms with Crippen molar-refractivity contribution in [2.45, 2.75) is 0 Å². The number of hydrogen-bond donors (Lipinski definition) is 2. The summed E-state index contributed by atoms with van der Waals surface area (Å²) in [5.41, 5.74) is -0.110. The molecule has 17 heavy (non-hydrogen) atoms. The molecule has 0 saturated carbocycles. The van der Waals surface area contributed by atoms with E-state index in [1.807, 2.05) is 0 Å². The van der Waals surface area contributed by atoms with Crippen LogP contribution in [-0.2, 0) is 4.79 Å². The average molecular weight is 240 g/mol. The van der Waals surface area contributed by atoms with Gasteiger partial charge in [-0.1, -0.05) is 0 Å². The molecular weight excluding hydrogens is 228 g/mol. The standard InChI is InChI=1S/C10H12N2O5/c1-11-8(13)4-12(2)9(14)7-3-6(5-17-7)10(15)16/h3,5H,4H2,1-2H3,(H,11,13)(H,15,16). The predicted molar refractivity (Wildman–Crippen MR) is 56.7 cm³/mol. The molecule has 1 aromatic rings. The fourth-order valence-electron chi connectivity index (χ4n) is 1.11. The van der Waals surface area contributed by atoms with Crippen LogP contribution in [0.2, 0.25) is 0 Å². The molecule has 0 aliphatic heterocycles. The van der Waals surface area contributed by atoms with Crippen molar-refractivity contribution in [2.24, 2.45) is 0 Å². The van der Waals surface area contributed by atoms with Gasteiger partial charge in [0.25, 0.3) is 5.91 Å². The van der Waals surface area contributed by atoms with Crippen LogP contribution >= 0.6 is 0 Å². The number of hydrogen-bond acceptors (Lipinski definition) is 4. The van der Waals surface area contributed by atoms with Crippen LogP contribution in [0.25, 0.3) is 0 Å². The number of likely N-dealkylation sites (N-methyl/N-ethyl adjacent to an activating group) is 2. The van der Waals surface area contributed by atoms with Crippen LogP contribution in [0.4, 0.5) is 0 Å². The van der Waals surface area contributed by atoms with Crippen molar-refractivity contribution < 1.29 is 23.9 Å². The lowest BCUT2D eigenvalue weighted by Gasteiger charge is -2.13. The Labute approximate surface area is 97.0 Å². The lowest BCUT2D eigenvalue weighted by atomic mass is 10.3. The number of carboxylic acid groups (broad SMARTS) is 1. The van der Waals surface area contributed by atoms with Gasteiger partial charge in [-0.25, -0.2) is 4.79 Å². The number of aromatic carboxylic acids is 1. The molecule has 7 heteroatoms. The minimum absolute atomic E-state index is 0.110. The third-order valence-electron chi connectivity index (χ3n) is 2.06. The van der Waals surface area contributed by atoms with E-state index in [9.17, 15) is 14.4 Å². The predicted octanol–water partition coefficient (Wildman–Crippen LogP) is -0.204. The second-order valence-electron chi connectivity index (χ2n) is 3.34. The second kappa shape index (κ2) is 5.15. The third-order valence-corrected chi connectivity index (χ3v) is 2.06. The largest absolute Gasteiger partial charge is 0.478 e. The third kappa shape index (κ3) is 3.07. The van der Waals surface area contributed by atoms with Crippen LogP contribution in [0, 0.1) is 0 Å². The Morgan fingerprint density at radius 1 is 1.47 bits per heavy atom. The Bertz CT molecular complexity index is 451. The summed E-state index contributed by atoms with van der Waals surface area (Å²) < 4.78 is 4.82. The first-order chi connectivity index (χ1) is 7.95. The van der Waals surface area contributed by atoms with E-state index in [-0.39, 0.29) is 23.8 Å². The number of carbonyl (C=O) groups is 3. The van der Waals surface area contributed by atoms with E-state index in [2.05, 4.69) is 5.32 Å². The molecule has 0 aromatic carbocycles. The highest BCUT2D eigenvalue weighted by atomic mass is 16.4. The van der Waals surface area contributed by atoms with Crippen molar-refractivity contribution >= 4 is 17.8 Å². The molecule has 0 aliphatic rings. The summed E-state index contributed by atoms with van der Waals surface area (Å²) >= 11 is 0. The first-order valence-electron chi connectivity index (χ1n) is 4.73. The number of furan rings is 1. The molecule has 7 nitrogen and oxygen atoms in total. The van der Waals surface area contributed by atoms with Crippen molar-refractivity contribution in [3.05, 3.63) is 23.7 Å². The molecule has 92 valence electrons. The van der Waals surface area contributed by atoms with Crippen LogP contribution in [0.3, 0.4) is 0 Å². The smallest absolute Gasteiger partial charge is 0.338 e. The van der Waals surface area contributed by atoms with E-state index >= 15 is 0 Å². The summed E-state index contributed by atoms with van der Waals surface area (Å²) in [6, 6.07) is 1.12. The first kappa shape index (κ1) is 12.8. The van der Waals surface area contributed by atoms with E-state index in [4.69, 9.17) is 9.52 Å². The Balaban J connectivity index is 2.74. The summed E-state index contributed by atoms with van der Waals surface area (Å²) in [6.45, 7) is -0.127. The Morgan fingerprint density at radius 2 is 2.12 bits per heavy atom. The van der Waals surface area contributed by atoms with Gasteiger partial charge in [0.05, 0.1) is 12.1 Å². The highest BCUT2D eigenvalue weighted by Crippen LogP contribution is 2.09. The number of rotatable bonds is 4. The van der Waals surface area contributed by atoms with Gasteiger partial charge in [-0.2, -0.15) is 0 Å². The summed E-state index contributed by atoms with van der Waals surface area (Å²) in [6.07, 6.45) is 0.975. The van der Waals surface area contributed by atoms with Gasteiger partial charge < -0.3 is 19.7 Å². The van der Waals surface area contributed by atoms with Gasteiger partial charge in [-0.05, 0) is 0 Å². The van der Waals surface area contributed by atoms with E-state index in [0.29, 0.717) is 0 Å². The monoisotopic (exact) mass is 240 g/mol. The van der Waals surface area contributed by atoms with Crippen LogP contribution < -0.4 is 5.32 Å². The molecule has 0 atom stereocenters. The molecule has 0 spiro atoms. The lowest BCUT2D eigenvalue weighted by Crippen LogP contribution is -2.36. The zero-order valence-electron chi connectivity index (χ0n) is 9.39. The summed E-state index contributed by atoms with van der Waals surface area (Å²) in [7, 11) is 2.87. The fourth-order valence-corrected chi connectivity index (χ4v) is 1.11. The van der Waals surface area contributed by atoms with Crippen molar-refractivity contribution in [1.29, 1.82) is 0 Å². The van der Waals surface area contributed by atoms with Gasteiger partial charge >= 0.3 is 5.97 Å². The van der Waals surface area contributed by atoms with Gasteiger partial charge in [0.15, 0.2) is 5.76 Å². The molecule has 2 N–H and O–H groups in total. The van der Waals surface area contributed by atoms with Crippen LogP contribution in [0.1, 0.15) is 20.9 Å². The topological polar surface area (TPSA) is 99.9 Å². The minimum atomic E-state index is -1.18. The number of carbonyl (C=O) groups excluding carboxylic acids is 2. The van der Waals surface area contributed by atoms with Gasteiger partial charge in [0, 0.05) is 20.2 Å². The number of nitrogens with zero attached hydrogens (tertiary/aromatic N) is 1. The molecule has 0 bridgehead atoms. The summed E-state index contributed by atoms with van der Waals surface area (Å²) in [5, 5.41) is 11.0. The van der Waals surface area contributed by atoms with Crippen LogP contribution in [0.15, 0.2) is 16.7 Å². The maximum absolute atomic E-state index is 11.7. The van der Waals surface area contributed by atoms with Gasteiger partial charge in [0.2, 0.25) is 5.91 Å². The first-order valence-corrected chi connectivity index (χ1v) is 4.73. The summed E-state index contributed by atoms with van der Waals surface area (Å²) in [4.78, 5) is 34.4. The zero-order valence-corrected chi connectivity index (χ0v) is 9.39. The lowest BCUT2D eigenvalue weighted by molar-refractivity contribution is -0.121. The Hall–Kier alpha value is -2.31. The molecule has 0 aliphatic carbocycles. The quantitative estimate of drug-likeness (QED) is 0.758. The van der Waals surface area contributed by atoms with Crippen molar-refractivity contribution in [1.82, 2.24) is 10.2 Å². The van der Waals surface area contributed by atoms with E-state index in [1.54, 1.807) is 0 Å². The number of carboxylic acids is 1. The molecule has 0 unspecified atom stereocenters. The van der Waals surface area contributed by atoms with E-state index in [0.717, 1.165) is 17.2 Å². The maximum Gasteiger partial charge on any atom is 0.338 e. The van der Waals surface area contributed by atoms with Gasteiger partial charge in [-0.15, -0.1) is 0 Å².